The minimum Gasteiger partial charge on any atom is -0.303 e. The van der Waals surface area contributed by atoms with Crippen molar-refractivity contribution >= 4 is 20.7 Å². The van der Waals surface area contributed by atoms with E-state index in [2.05, 4.69) is 40.2 Å². The second-order valence-corrected chi connectivity index (χ2v) is 10.1. The van der Waals surface area contributed by atoms with E-state index in [1.165, 1.54) is 43.5 Å². The van der Waals surface area contributed by atoms with Crippen LogP contribution in [0.1, 0.15) is 36.8 Å². The predicted molar refractivity (Wildman–Crippen MR) is 114 cm³/mol. The largest absolute Gasteiger partial charge is 0.455 e. The fraction of sp³-hybridized carbons (Fsp3) is 0.435. The molecule has 1 saturated heterocycles. The zero-order chi connectivity index (χ0) is 18.3. The summed E-state index contributed by atoms with van der Waals surface area (Å²) in [5, 5.41) is 0. The van der Waals surface area contributed by atoms with Gasteiger partial charge in [-0.05, 0) is 61.4 Å². The van der Waals surface area contributed by atoms with Crippen LogP contribution in [0.4, 0.5) is 0 Å². The lowest BCUT2D eigenvalue weighted by atomic mass is 9.74. The Balaban J connectivity index is 1.20. The van der Waals surface area contributed by atoms with Crippen molar-refractivity contribution in [3.05, 3.63) is 69.3 Å². The summed E-state index contributed by atoms with van der Waals surface area (Å²) in [5.41, 5.74) is 4.67. The molecule has 1 aromatic heterocycles. The topological polar surface area (TPSA) is 36.1 Å². The fourth-order valence-electron chi connectivity index (χ4n) is 5.18. The number of nitrogens with one attached hydrogen (secondary N) is 1. The number of aromatic nitrogens is 1. The first-order valence-corrected chi connectivity index (χ1v) is 11.6. The van der Waals surface area contributed by atoms with Gasteiger partial charge in [0.05, 0.1) is 10.5 Å². The number of rotatable bonds is 4. The smallest absolute Gasteiger partial charge is 0.303 e. The highest BCUT2D eigenvalue weighted by atomic mass is 32.2. The number of piperidine rings is 1. The third kappa shape index (κ3) is 3.05. The number of thiazole rings is 1. The summed E-state index contributed by atoms with van der Waals surface area (Å²) in [6.07, 6.45) is 6.28. The molecule has 0 bridgehead atoms. The van der Waals surface area contributed by atoms with E-state index in [4.69, 9.17) is 0 Å². The second-order valence-electron chi connectivity index (χ2n) is 8.14. The van der Waals surface area contributed by atoms with Crippen LogP contribution < -0.4 is 4.87 Å². The van der Waals surface area contributed by atoms with Crippen LogP contribution in [0.15, 0.2) is 53.3 Å². The molecule has 27 heavy (non-hydrogen) atoms. The molecule has 4 heteroatoms. The number of para-hydroxylation sites is 1. The average molecular weight is 380 g/mol. The van der Waals surface area contributed by atoms with Crippen LogP contribution in [0, 0.1) is 0 Å². The van der Waals surface area contributed by atoms with Gasteiger partial charge in [0.1, 0.15) is 11.3 Å². The molecule has 0 radical (unpaired) electrons. The highest BCUT2D eigenvalue weighted by Gasteiger charge is 2.40. The number of aryl methyl sites for hydroxylation is 2. The van der Waals surface area contributed by atoms with E-state index in [1.807, 2.05) is 18.2 Å². The molecule has 1 fully saturated rings. The van der Waals surface area contributed by atoms with Crippen molar-refractivity contribution in [3.63, 3.8) is 0 Å². The molecule has 1 aliphatic heterocycles. The van der Waals surface area contributed by atoms with Crippen LogP contribution in [0.2, 0.25) is 0 Å². The first kappa shape index (κ1) is 17.2. The summed E-state index contributed by atoms with van der Waals surface area (Å²) >= 11 is 0. The van der Waals surface area contributed by atoms with E-state index < -0.39 is 0 Å². The molecule has 2 aromatic carbocycles. The zero-order valence-electron chi connectivity index (χ0n) is 15.7. The Labute approximate surface area is 163 Å². The van der Waals surface area contributed by atoms with E-state index >= 15 is 0 Å². The van der Waals surface area contributed by atoms with E-state index in [9.17, 15) is 4.79 Å². The third-order valence-corrected chi connectivity index (χ3v) is 8.84. The summed E-state index contributed by atoms with van der Waals surface area (Å²) in [6.45, 7) is 3.52. The molecular weight excluding hydrogens is 352 g/mol. The highest BCUT2D eigenvalue weighted by molar-refractivity contribution is 7.34. The molecule has 140 valence electrons. The molecule has 0 amide bonds. The van der Waals surface area contributed by atoms with Crippen LogP contribution in [0.3, 0.4) is 0 Å². The van der Waals surface area contributed by atoms with Gasteiger partial charge < -0.3 is 4.90 Å². The third-order valence-electron chi connectivity index (χ3n) is 6.71. The molecule has 1 unspecified atom stereocenters. The standard InChI is InChI=1S/C23H26N2OS/c26-22-24-20-8-3-4-9-21(20)27(22)17-5-14-25-15-12-23(13-16-25)11-10-18-6-1-2-7-19(18)23/h1-4,6-9H,5,10-17H2/p+1. The number of H-pyrrole nitrogens is 1. The molecule has 2 heterocycles. The van der Waals surface area contributed by atoms with E-state index in [-0.39, 0.29) is 15.3 Å². The SMILES string of the molecule is O=c1[nH]c2ccccc2[s+]1CCCN1CCC2(CCc3ccccc32)CC1. The first-order valence-electron chi connectivity index (χ1n) is 10.2. The molecule has 1 spiro atoms. The Kier molecular flexibility index (Phi) is 4.41. The van der Waals surface area contributed by atoms with Gasteiger partial charge in [0.2, 0.25) is 4.70 Å². The van der Waals surface area contributed by atoms with E-state index in [0.29, 0.717) is 5.41 Å². The minimum absolute atomic E-state index is 0.205. The lowest BCUT2D eigenvalue weighted by molar-refractivity contribution is 0.158. The fourth-order valence-corrected chi connectivity index (χ4v) is 7.06. The Bertz CT molecular complexity index is 1010. The van der Waals surface area contributed by atoms with Crippen LogP contribution >= 0.6 is 10.5 Å². The first-order chi connectivity index (χ1) is 13.3. The predicted octanol–water partition coefficient (Wildman–Crippen LogP) is 4.65. The monoisotopic (exact) mass is 379 g/mol. The second kappa shape index (κ2) is 6.92. The van der Waals surface area contributed by atoms with Gasteiger partial charge in [-0.15, -0.1) is 0 Å². The molecule has 2 aliphatic rings. The Morgan fingerprint density at radius 1 is 1.00 bits per heavy atom. The molecule has 3 aromatic rings. The van der Waals surface area contributed by atoms with Gasteiger partial charge >= 0.3 is 4.87 Å². The maximum Gasteiger partial charge on any atom is 0.455 e. The van der Waals surface area contributed by atoms with Crippen LogP contribution in [0.25, 0.3) is 10.2 Å². The maximum absolute atomic E-state index is 12.3. The lowest BCUT2D eigenvalue weighted by Gasteiger charge is -2.40. The quantitative estimate of drug-likeness (QED) is 0.670. The van der Waals surface area contributed by atoms with Gasteiger partial charge in [0, 0.05) is 19.0 Å². The average Bonchev–Trinajstić information content (AvgIpc) is 3.22. The number of fused-ring (bicyclic) bond motifs is 3. The summed E-state index contributed by atoms with van der Waals surface area (Å²) < 4.78 is 1.21. The molecule has 1 aliphatic carbocycles. The minimum atomic E-state index is -0.266. The number of benzene rings is 2. The molecule has 1 N–H and O–H groups in total. The summed E-state index contributed by atoms with van der Waals surface area (Å²) in [6, 6.07) is 17.3. The number of nitrogens with zero attached hydrogens (tertiary/aromatic N) is 1. The van der Waals surface area contributed by atoms with Gasteiger partial charge in [-0.3, -0.25) is 4.98 Å². The lowest BCUT2D eigenvalue weighted by Crippen LogP contribution is -2.41. The van der Waals surface area contributed by atoms with Crippen molar-refractivity contribution in [3.8, 4) is 0 Å². The molecular formula is C23H27N2OS+. The number of aromatic amines is 1. The van der Waals surface area contributed by atoms with Crippen molar-refractivity contribution in [2.75, 3.05) is 19.6 Å². The van der Waals surface area contributed by atoms with Gasteiger partial charge in [-0.25, -0.2) is 4.79 Å². The Hall–Kier alpha value is -1.91. The zero-order valence-corrected chi connectivity index (χ0v) is 16.6. The molecule has 5 rings (SSSR count). The number of hydrogen-bond acceptors (Lipinski definition) is 2. The maximum atomic E-state index is 12.3. The van der Waals surface area contributed by atoms with E-state index in [1.54, 1.807) is 11.1 Å². The Morgan fingerprint density at radius 3 is 2.67 bits per heavy atom. The van der Waals surface area contributed by atoms with Crippen molar-refractivity contribution in [1.29, 1.82) is 0 Å². The highest BCUT2D eigenvalue weighted by Crippen LogP contribution is 2.46. The van der Waals surface area contributed by atoms with Gasteiger partial charge in [-0.2, -0.15) is 0 Å². The normalized spacial score (nSPS) is 19.6. The summed E-state index contributed by atoms with van der Waals surface area (Å²) in [4.78, 5) is 18.2. The van der Waals surface area contributed by atoms with Gasteiger partial charge in [0.25, 0.3) is 0 Å². The number of hydrogen-bond donors (Lipinski definition) is 1. The van der Waals surface area contributed by atoms with Gasteiger partial charge in [0.15, 0.2) is 0 Å². The van der Waals surface area contributed by atoms with Crippen LogP contribution in [-0.4, -0.2) is 29.5 Å². The van der Waals surface area contributed by atoms with Crippen molar-refractivity contribution < 1.29 is 0 Å². The van der Waals surface area contributed by atoms with Crippen LogP contribution in [-0.2, 0) is 17.6 Å². The Morgan fingerprint density at radius 2 is 1.78 bits per heavy atom. The molecule has 1 atom stereocenters. The van der Waals surface area contributed by atoms with Crippen molar-refractivity contribution in [2.24, 2.45) is 0 Å². The van der Waals surface area contributed by atoms with Gasteiger partial charge in [-0.1, -0.05) is 36.4 Å². The van der Waals surface area contributed by atoms with E-state index in [0.717, 1.165) is 24.2 Å². The molecule has 0 saturated carbocycles. The molecule has 3 nitrogen and oxygen atoms in total. The summed E-state index contributed by atoms with van der Waals surface area (Å²) in [5.74, 6) is 0.979. The van der Waals surface area contributed by atoms with Crippen LogP contribution in [0.5, 0.6) is 0 Å². The van der Waals surface area contributed by atoms with Crippen molar-refractivity contribution in [2.45, 2.75) is 43.3 Å². The summed E-state index contributed by atoms with van der Waals surface area (Å²) in [7, 11) is -0.266. The number of likely N-dealkylation sites (tertiary alicyclic amines) is 1. The van der Waals surface area contributed by atoms with Crippen molar-refractivity contribution in [1.82, 2.24) is 9.88 Å².